The fraction of sp³-hybridized carbons (Fsp3) is 0.357. The molecule has 5 aliphatic heterocycles. The average molecular weight is 1130 g/mol. The number of anilines is 3. The molecule has 4 aromatic heterocycles. The van der Waals surface area contributed by atoms with Crippen LogP contribution < -0.4 is 26.2 Å². The molecule has 7 aromatic rings. The number of esters is 1. The standard InChI is InChI=1S/C56H49ClF4N10O8S/c1-5-56(76)35-16-41-45-29(21-71(41)51(73)34(35)23-77-52(56)74)13-28-14-40(38(60)17-39(28)64-45)65-54(75)79-27(4)26(3)50(72)68-11-12-70(25(2)20-68)49-32-15-36(57)43(31-7-8-37(59)47-42(31)33(19-62)48(63)80-47)44(61)46(32)66-53(67-49)78-24-55-9-6-10-69(55)22-30(58)18-55/h7-8,13-17,25,27,30,76H,3,5-6,9-12,18,20-24,63H2,1-2,4H3,(H,65,75)/t25-,27-,30+,55-,56-/m0/s1. The van der Waals surface area contributed by atoms with Crippen LogP contribution in [0.2, 0.25) is 5.02 Å². The number of aliphatic hydroxyl groups is 1. The van der Waals surface area contributed by atoms with E-state index in [0.717, 1.165) is 29.9 Å². The number of carbonyl (C=O) groups excluding carboxylic acids is 3. The first kappa shape index (κ1) is 52.8. The first-order chi connectivity index (χ1) is 38.2. The predicted octanol–water partition coefficient (Wildman–Crippen LogP) is 8.61. The molecule has 0 aliphatic carbocycles. The number of aromatic nitrogens is 4. The van der Waals surface area contributed by atoms with Gasteiger partial charge in [-0.3, -0.25) is 19.8 Å². The highest BCUT2D eigenvalue weighted by molar-refractivity contribution is 7.23. The van der Waals surface area contributed by atoms with E-state index in [0.29, 0.717) is 35.3 Å². The Labute approximate surface area is 461 Å². The number of amides is 2. The van der Waals surface area contributed by atoms with Gasteiger partial charge in [0, 0.05) is 77.6 Å². The molecule has 5 atom stereocenters. The van der Waals surface area contributed by atoms with Crippen LogP contribution in [0, 0.1) is 28.8 Å². The van der Waals surface area contributed by atoms with Crippen molar-refractivity contribution >= 4 is 89.3 Å². The second-order valence-electron chi connectivity index (χ2n) is 21.0. The van der Waals surface area contributed by atoms with Crippen LogP contribution in [0.1, 0.15) is 68.7 Å². The Morgan fingerprint density at radius 2 is 1.90 bits per heavy atom. The number of thiophene rings is 1. The summed E-state index contributed by atoms with van der Waals surface area (Å²) in [7, 11) is 0. The van der Waals surface area contributed by atoms with E-state index in [1.807, 2.05) is 17.9 Å². The van der Waals surface area contributed by atoms with Crippen molar-refractivity contribution in [1.29, 1.82) is 5.26 Å². The van der Waals surface area contributed by atoms with Crippen molar-refractivity contribution in [2.45, 2.75) is 89.1 Å². The fourth-order valence-corrected chi connectivity index (χ4v) is 13.4. The molecule has 80 heavy (non-hydrogen) atoms. The number of nitrogens with one attached hydrogen (secondary N) is 1. The first-order valence-electron chi connectivity index (χ1n) is 25.9. The summed E-state index contributed by atoms with van der Waals surface area (Å²) >= 11 is 7.82. The molecule has 0 spiro atoms. The molecule has 12 rings (SSSR count). The molecule has 412 valence electrons. The first-order valence-corrected chi connectivity index (χ1v) is 27.1. The minimum Gasteiger partial charge on any atom is -0.461 e. The number of carbonyl (C=O) groups is 3. The summed E-state index contributed by atoms with van der Waals surface area (Å²) < 4.78 is 81.7. The number of hydrogen-bond donors (Lipinski definition) is 3. The Morgan fingerprint density at radius 1 is 1.10 bits per heavy atom. The van der Waals surface area contributed by atoms with Crippen molar-refractivity contribution < 1.29 is 51.3 Å². The zero-order chi connectivity index (χ0) is 56.4. The average Bonchev–Trinajstić information content (AvgIpc) is 4.31. The summed E-state index contributed by atoms with van der Waals surface area (Å²) in [6.45, 7) is 9.94. The van der Waals surface area contributed by atoms with E-state index in [1.165, 1.54) is 34.6 Å². The van der Waals surface area contributed by atoms with Gasteiger partial charge in [-0.15, -0.1) is 11.3 Å². The molecule has 0 bridgehead atoms. The van der Waals surface area contributed by atoms with Crippen molar-refractivity contribution in [3.05, 3.63) is 110 Å². The molecule has 0 saturated carbocycles. The minimum atomic E-state index is -2.02. The number of rotatable bonds is 10. The van der Waals surface area contributed by atoms with E-state index in [1.54, 1.807) is 19.1 Å². The van der Waals surface area contributed by atoms with Gasteiger partial charge < -0.3 is 39.4 Å². The van der Waals surface area contributed by atoms with Crippen molar-refractivity contribution in [3.8, 4) is 34.6 Å². The lowest BCUT2D eigenvalue weighted by Crippen LogP contribution is -2.54. The highest BCUT2D eigenvalue weighted by atomic mass is 35.5. The largest absolute Gasteiger partial charge is 0.461 e. The molecular weight excluding hydrogens is 1080 g/mol. The maximum absolute atomic E-state index is 17.5. The van der Waals surface area contributed by atoms with Gasteiger partial charge in [-0.1, -0.05) is 31.2 Å². The van der Waals surface area contributed by atoms with Crippen LogP contribution in [0.25, 0.3) is 54.4 Å². The molecule has 18 nitrogen and oxygen atoms in total. The van der Waals surface area contributed by atoms with Crippen LogP contribution >= 0.6 is 22.9 Å². The predicted molar refractivity (Wildman–Crippen MR) is 290 cm³/mol. The number of cyclic esters (lactones) is 1. The lowest BCUT2D eigenvalue weighted by Gasteiger charge is -2.41. The number of fused-ring (bicyclic) bond motifs is 8. The number of nitrogen functional groups attached to an aromatic ring is 1. The Kier molecular flexibility index (Phi) is 12.8. The second kappa shape index (κ2) is 19.4. The van der Waals surface area contributed by atoms with Gasteiger partial charge >= 0.3 is 18.1 Å². The highest BCUT2D eigenvalue weighted by Gasteiger charge is 2.50. The second-order valence-corrected chi connectivity index (χ2v) is 22.5. The number of pyridine rings is 2. The third-order valence-corrected chi connectivity index (χ3v) is 17.7. The number of benzene rings is 3. The Bertz CT molecular complexity index is 4010. The number of ether oxygens (including phenoxy) is 3. The number of piperazine rings is 1. The molecular formula is C56H49ClF4N10O8S. The number of halogens is 5. The molecule has 24 heteroatoms. The lowest BCUT2D eigenvalue weighted by atomic mass is 9.86. The zero-order valence-electron chi connectivity index (χ0n) is 43.2. The van der Waals surface area contributed by atoms with Crippen molar-refractivity contribution in [2.75, 3.05) is 55.3 Å². The van der Waals surface area contributed by atoms with Crippen LogP contribution in [0.5, 0.6) is 6.01 Å². The van der Waals surface area contributed by atoms with Crippen LogP contribution in [0.4, 0.5) is 38.9 Å². The topological polar surface area (TPSA) is 231 Å². The molecule has 0 radical (unpaired) electrons. The van der Waals surface area contributed by atoms with Gasteiger partial charge in [-0.2, -0.15) is 15.2 Å². The van der Waals surface area contributed by atoms with Gasteiger partial charge in [0.2, 0.25) is 0 Å². The SMILES string of the molecule is C=C(C(=O)N1CCN(c2nc(OC[C@@]34CCCN3C[C@H](F)C4)nc3c(F)c(-c4ccc(F)c5sc(N)c(C#N)c45)c(Cl)cc23)[C@@H](C)C1)[C@H](C)OC(=O)Nc1cc2cc3c(nc2cc1F)-c1cc2c(c(=O)n1C3)COC(=O)[C@]2(O)CC. The summed E-state index contributed by atoms with van der Waals surface area (Å²) in [4.78, 5) is 73.1. The summed E-state index contributed by atoms with van der Waals surface area (Å²) in [6.07, 6.45) is -1.57. The van der Waals surface area contributed by atoms with Crippen molar-refractivity contribution in [3.63, 3.8) is 0 Å². The Balaban J connectivity index is 0.766. The number of hydrogen-bond acceptors (Lipinski definition) is 16. The van der Waals surface area contributed by atoms with Gasteiger partial charge in [0.15, 0.2) is 11.4 Å². The maximum atomic E-state index is 17.5. The molecule has 9 heterocycles. The van der Waals surface area contributed by atoms with Gasteiger partial charge in [-0.05, 0) is 75.5 Å². The Hall–Kier alpha value is -7.91. The van der Waals surface area contributed by atoms with E-state index in [4.69, 9.17) is 36.5 Å². The van der Waals surface area contributed by atoms with E-state index in [9.17, 15) is 33.9 Å². The highest BCUT2D eigenvalue weighted by Crippen LogP contribution is 2.47. The quantitative estimate of drug-likeness (QED) is 0.0661. The minimum absolute atomic E-state index is 0.0306. The van der Waals surface area contributed by atoms with E-state index in [2.05, 4.69) is 26.8 Å². The monoisotopic (exact) mass is 1130 g/mol. The van der Waals surface area contributed by atoms with Gasteiger partial charge in [0.05, 0.1) is 61.1 Å². The third kappa shape index (κ3) is 8.36. The number of alkyl halides is 1. The van der Waals surface area contributed by atoms with Crippen LogP contribution in [0.3, 0.4) is 0 Å². The summed E-state index contributed by atoms with van der Waals surface area (Å²) in [5.74, 6) is -3.59. The zero-order valence-corrected chi connectivity index (χ0v) is 44.8. The summed E-state index contributed by atoms with van der Waals surface area (Å²) in [5, 5.41) is 24.3. The lowest BCUT2D eigenvalue weighted by molar-refractivity contribution is -0.172. The molecule has 3 aromatic carbocycles. The fourth-order valence-electron chi connectivity index (χ4n) is 12.2. The van der Waals surface area contributed by atoms with Crippen molar-refractivity contribution in [2.24, 2.45) is 0 Å². The van der Waals surface area contributed by atoms with Crippen LogP contribution in [-0.2, 0) is 37.8 Å². The third-order valence-electron chi connectivity index (χ3n) is 16.3. The van der Waals surface area contributed by atoms with E-state index >= 15 is 13.2 Å². The van der Waals surface area contributed by atoms with Crippen molar-refractivity contribution in [1.82, 2.24) is 29.3 Å². The molecule has 0 unspecified atom stereocenters. The van der Waals surface area contributed by atoms with Crippen LogP contribution in [0.15, 0.2) is 59.4 Å². The molecule has 5 aliphatic rings. The smallest absolute Gasteiger partial charge is 0.412 e. The summed E-state index contributed by atoms with van der Waals surface area (Å²) in [6, 6.07) is 11.0. The Morgan fingerprint density at radius 3 is 2.66 bits per heavy atom. The van der Waals surface area contributed by atoms with E-state index in [-0.39, 0.29) is 146 Å². The molecule has 4 N–H and O–H groups in total. The normalized spacial score (nSPS) is 21.7. The number of nitrogens with two attached hydrogens (primary N) is 1. The van der Waals surface area contributed by atoms with Gasteiger partial charge in [0.25, 0.3) is 11.5 Å². The van der Waals surface area contributed by atoms with Gasteiger partial charge in [-0.25, -0.2) is 32.1 Å². The number of nitriles is 1. The summed E-state index contributed by atoms with van der Waals surface area (Å²) in [5.41, 5.74) is 4.23. The number of nitrogens with zero attached hydrogens (tertiary/aromatic N) is 8. The van der Waals surface area contributed by atoms with Gasteiger partial charge in [0.1, 0.15) is 59.5 Å². The van der Waals surface area contributed by atoms with E-state index < -0.39 is 70.4 Å². The van der Waals surface area contributed by atoms with Crippen LogP contribution in [-0.4, -0.2) is 116 Å². The maximum Gasteiger partial charge on any atom is 0.412 e. The molecule has 3 saturated heterocycles. The molecule has 2 amide bonds. The molecule has 3 fully saturated rings.